The highest BCUT2D eigenvalue weighted by Crippen LogP contribution is 2.30. The number of anilines is 2. The van der Waals surface area contributed by atoms with E-state index in [-0.39, 0.29) is 0 Å². The van der Waals surface area contributed by atoms with Gasteiger partial charge in [0.25, 0.3) is 0 Å². The Hall–Kier alpha value is -3.61. The van der Waals surface area contributed by atoms with E-state index >= 15 is 0 Å². The molecule has 2 N–H and O–H groups in total. The number of nitrogens with one attached hydrogen (secondary N) is 2. The summed E-state index contributed by atoms with van der Waals surface area (Å²) in [5, 5.41) is 4.11. The van der Waals surface area contributed by atoms with Gasteiger partial charge in [0.05, 0.1) is 0 Å². The van der Waals surface area contributed by atoms with Gasteiger partial charge in [-0.05, 0) is 44.5 Å². The lowest BCUT2D eigenvalue weighted by Crippen LogP contribution is -1.96. The minimum absolute atomic E-state index is 0.527. The van der Waals surface area contributed by atoms with Crippen molar-refractivity contribution >= 4 is 34.2 Å². The van der Waals surface area contributed by atoms with Crippen LogP contribution in [-0.4, -0.2) is 30.6 Å². The van der Waals surface area contributed by atoms with Gasteiger partial charge in [0.15, 0.2) is 5.82 Å². The molecule has 0 fully saturated rings. The van der Waals surface area contributed by atoms with Crippen LogP contribution in [-0.2, 0) is 0 Å². The van der Waals surface area contributed by atoms with Crippen molar-refractivity contribution < 1.29 is 0 Å². The van der Waals surface area contributed by atoms with Gasteiger partial charge < -0.3 is 10.3 Å². The van der Waals surface area contributed by atoms with Crippen LogP contribution in [0, 0.1) is 6.92 Å². The van der Waals surface area contributed by atoms with Crippen molar-refractivity contribution in [3.8, 4) is 11.1 Å². The van der Waals surface area contributed by atoms with Crippen LogP contribution in [0.4, 0.5) is 17.5 Å². The minimum atomic E-state index is 0.527. The number of rotatable bonds is 4. The fraction of sp³-hybridized carbons (Fsp3) is 0.150. The number of aromatic amines is 1. The first-order valence-electron chi connectivity index (χ1n) is 8.60. The Bertz CT molecular complexity index is 1130. The van der Waals surface area contributed by atoms with Gasteiger partial charge in [-0.25, -0.2) is 15.0 Å². The molecule has 0 atom stereocenters. The van der Waals surface area contributed by atoms with Crippen molar-refractivity contribution in [3.63, 3.8) is 0 Å². The molecule has 0 aliphatic rings. The average molecular weight is 357 g/mol. The highest BCUT2D eigenvalue weighted by Gasteiger charge is 2.11. The maximum absolute atomic E-state index is 4.56. The molecule has 4 rings (SSSR count). The number of fused-ring (bicyclic) bond motifs is 1. The fourth-order valence-electron chi connectivity index (χ4n) is 2.81. The molecule has 4 aromatic heterocycles. The predicted octanol–water partition coefficient (Wildman–Crippen LogP) is 4.58. The van der Waals surface area contributed by atoms with Crippen LogP contribution in [0.2, 0.25) is 0 Å². The Morgan fingerprint density at radius 3 is 2.67 bits per heavy atom. The summed E-state index contributed by atoms with van der Waals surface area (Å²) in [5.74, 6) is 1.28. The van der Waals surface area contributed by atoms with E-state index in [2.05, 4.69) is 41.3 Å². The van der Waals surface area contributed by atoms with E-state index in [0.29, 0.717) is 5.95 Å². The summed E-state index contributed by atoms with van der Waals surface area (Å²) < 4.78 is 0. The topological polar surface area (TPSA) is 91.7 Å². The smallest absolute Gasteiger partial charge is 0.229 e. The predicted molar refractivity (Wildman–Crippen MR) is 108 cm³/mol. The second kappa shape index (κ2) is 6.95. The Balaban J connectivity index is 1.68. The number of pyridine rings is 2. The number of hydrogen-bond donors (Lipinski definition) is 2. The standard InChI is InChI=1S/C20H19N7/c1-12(2)25-18-13(3)8-14(9-22-18)16-10-23-19-17(16)11-24-20(27-19)26-15-4-6-21-7-5-15/h4-11H,1-3H3,(H2,21,23,24,26,27). The van der Waals surface area contributed by atoms with Crippen LogP contribution in [0.25, 0.3) is 22.2 Å². The van der Waals surface area contributed by atoms with Gasteiger partial charge in [0.2, 0.25) is 5.95 Å². The number of aromatic nitrogens is 5. The normalized spacial score (nSPS) is 10.8. The lowest BCUT2D eigenvalue weighted by atomic mass is 10.1. The summed E-state index contributed by atoms with van der Waals surface area (Å²) in [6.07, 6.45) is 9.02. The zero-order valence-corrected chi connectivity index (χ0v) is 15.4. The molecule has 0 saturated heterocycles. The summed E-state index contributed by atoms with van der Waals surface area (Å²) in [5.41, 5.74) is 5.68. The number of aryl methyl sites for hydroxylation is 1. The largest absolute Gasteiger partial charge is 0.345 e. The molecule has 7 nitrogen and oxygen atoms in total. The van der Waals surface area contributed by atoms with Crippen molar-refractivity contribution in [1.29, 1.82) is 0 Å². The summed E-state index contributed by atoms with van der Waals surface area (Å²) in [6, 6.07) is 5.81. The first kappa shape index (κ1) is 16.8. The van der Waals surface area contributed by atoms with Gasteiger partial charge >= 0.3 is 0 Å². The second-order valence-corrected chi connectivity index (χ2v) is 6.44. The highest BCUT2D eigenvalue weighted by atomic mass is 15.1. The second-order valence-electron chi connectivity index (χ2n) is 6.44. The number of aliphatic imine (C=N–C) groups is 1. The minimum Gasteiger partial charge on any atom is -0.345 e. The molecule has 4 aromatic rings. The summed E-state index contributed by atoms with van der Waals surface area (Å²) >= 11 is 0. The fourth-order valence-corrected chi connectivity index (χ4v) is 2.81. The van der Waals surface area contributed by atoms with E-state index in [1.165, 1.54) is 0 Å². The SMILES string of the molecule is CC(C)=Nc1ncc(-c2c[nH]c3nc(Nc4ccncc4)ncc23)cc1C. The third-order valence-electron chi connectivity index (χ3n) is 4.06. The molecule has 0 bridgehead atoms. The van der Waals surface area contributed by atoms with Crippen molar-refractivity contribution in [2.24, 2.45) is 4.99 Å². The highest BCUT2D eigenvalue weighted by molar-refractivity contribution is 5.93. The molecule has 134 valence electrons. The zero-order chi connectivity index (χ0) is 18.8. The Labute approximate surface area is 156 Å². The van der Waals surface area contributed by atoms with Crippen LogP contribution < -0.4 is 5.32 Å². The van der Waals surface area contributed by atoms with Crippen molar-refractivity contribution in [2.75, 3.05) is 5.32 Å². The molecule has 0 radical (unpaired) electrons. The monoisotopic (exact) mass is 357 g/mol. The van der Waals surface area contributed by atoms with Crippen LogP contribution in [0.15, 0.2) is 54.2 Å². The molecule has 0 saturated carbocycles. The molecule has 27 heavy (non-hydrogen) atoms. The van der Waals surface area contributed by atoms with Gasteiger partial charge in [-0.2, -0.15) is 4.98 Å². The van der Waals surface area contributed by atoms with Crippen molar-refractivity contribution in [1.82, 2.24) is 24.9 Å². The summed E-state index contributed by atoms with van der Waals surface area (Å²) in [7, 11) is 0. The van der Waals surface area contributed by atoms with Crippen LogP contribution in [0.3, 0.4) is 0 Å². The summed E-state index contributed by atoms with van der Waals surface area (Å²) in [4.78, 5) is 25.2. The van der Waals surface area contributed by atoms with E-state index in [4.69, 9.17) is 0 Å². The number of H-pyrrole nitrogens is 1. The molecule has 4 heterocycles. The van der Waals surface area contributed by atoms with Gasteiger partial charge in [-0.1, -0.05) is 0 Å². The van der Waals surface area contributed by atoms with Gasteiger partial charge in [-0.3, -0.25) is 4.98 Å². The first-order chi connectivity index (χ1) is 13.1. The van der Waals surface area contributed by atoms with Crippen molar-refractivity contribution in [2.45, 2.75) is 20.8 Å². The van der Waals surface area contributed by atoms with Crippen molar-refractivity contribution in [3.05, 3.63) is 54.7 Å². The Morgan fingerprint density at radius 1 is 1.11 bits per heavy atom. The lowest BCUT2D eigenvalue weighted by molar-refractivity contribution is 1.19. The van der Waals surface area contributed by atoms with E-state index in [1.54, 1.807) is 12.4 Å². The maximum Gasteiger partial charge on any atom is 0.229 e. The molecule has 0 aromatic carbocycles. The van der Waals surface area contributed by atoms with E-state index in [0.717, 1.165) is 44.9 Å². The molecule has 0 spiro atoms. The lowest BCUT2D eigenvalue weighted by Gasteiger charge is -2.05. The summed E-state index contributed by atoms with van der Waals surface area (Å²) in [6.45, 7) is 5.94. The molecule has 7 heteroatoms. The molecular weight excluding hydrogens is 338 g/mol. The Morgan fingerprint density at radius 2 is 1.93 bits per heavy atom. The van der Waals surface area contributed by atoms with Gasteiger partial charge in [0, 0.05) is 58.9 Å². The maximum atomic E-state index is 4.56. The Kier molecular flexibility index (Phi) is 4.33. The van der Waals surface area contributed by atoms with E-state index < -0.39 is 0 Å². The molecule has 0 aliphatic carbocycles. The zero-order valence-electron chi connectivity index (χ0n) is 15.4. The van der Waals surface area contributed by atoms with Crippen LogP contribution in [0.5, 0.6) is 0 Å². The van der Waals surface area contributed by atoms with E-state index in [9.17, 15) is 0 Å². The number of nitrogens with zero attached hydrogens (tertiary/aromatic N) is 5. The third kappa shape index (κ3) is 3.52. The van der Waals surface area contributed by atoms with E-state index in [1.807, 2.05) is 51.5 Å². The quantitative estimate of drug-likeness (QED) is 0.522. The third-order valence-corrected chi connectivity index (χ3v) is 4.06. The van der Waals surface area contributed by atoms with Gasteiger partial charge in [0.1, 0.15) is 5.65 Å². The number of hydrogen-bond acceptors (Lipinski definition) is 6. The molecule has 0 amide bonds. The average Bonchev–Trinajstić information content (AvgIpc) is 3.07. The van der Waals surface area contributed by atoms with Crippen LogP contribution >= 0.6 is 0 Å². The molecule has 0 unspecified atom stereocenters. The van der Waals surface area contributed by atoms with Gasteiger partial charge in [-0.15, -0.1) is 0 Å². The van der Waals surface area contributed by atoms with Crippen LogP contribution in [0.1, 0.15) is 19.4 Å². The molecule has 0 aliphatic heterocycles. The molecular formula is C20H19N7. The first-order valence-corrected chi connectivity index (χ1v) is 8.60.